The minimum absolute atomic E-state index is 0.0617. The summed E-state index contributed by atoms with van der Waals surface area (Å²) in [6, 6.07) is 14.4. The highest BCUT2D eigenvalue weighted by Gasteiger charge is 2.30. The number of carbonyl (C=O) groups is 3. The maximum absolute atomic E-state index is 13.5. The van der Waals surface area contributed by atoms with Crippen molar-refractivity contribution in [2.75, 3.05) is 6.61 Å². The van der Waals surface area contributed by atoms with Crippen LogP contribution >= 0.6 is 0 Å². The van der Waals surface area contributed by atoms with E-state index in [9.17, 15) is 19.5 Å². The molecule has 9 heteroatoms. The number of aliphatic hydroxyl groups excluding tert-OH is 1. The van der Waals surface area contributed by atoms with Gasteiger partial charge in [0.05, 0.1) is 18.8 Å². The Morgan fingerprint density at radius 2 is 1.74 bits per heavy atom. The van der Waals surface area contributed by atoms with Crippen molar-refractivity contribution in [3.63, 3.8) is 0 Å². The van der Waals surface area contributed by atoms with Crippen LogP contribution in [0.2, 0.25) is 0 Å². The van der Waals surface area contributed by atoms with E-state index in [1.807, 2.05) is 68.4 Å². The number of hydrogen-bond acceptors (Lipinski definition) is 6. The van der Waals surface area contributed by atoms with Gasteiger partial charge in [0.1, 0.15) is 24.4 Å². The maximum atomic E-state index is 13.5. The molecule has 212 valence electrons. The predicted octanol–water partition coefficient (Wildman–Crippen LogP) is 3.48. The van der Waals surface area contributed by atoms with Crippen molar-refractivity contribution in [3.05, 3.63) is 65.7 Å². The van der Waals surface area contributed by atoms with Gasteiger partial charge in [-0.15, -0.1) is 0 Å². The number of ether oxygens (including phenoxy) is 2. The lowest BCUT2D eigenvalue weighted by atomic mass is 9.99. The molecule has 2 aromatic rings. The molecule has 0 aromatic heterocycles. The lowest BCUT2D eigenvalue weighted by Crippen LogP contribution is -2.56. The molecule has 3 amide bonds. The van der Waals surface area contributed by atoms with Gasteiger partial charge in [0.25, 0.3) is 0 Å². The number of rotatable bonds is 6. The summed E-state index contributed by atoms with van der Waals surface area (Å²) >= 11 is 0. The lowest BCUT2D eigenvalue weighted by Gasteiger charge is -2.27. The van der Waals surface area contributed by atoms with Crippen LogP contribution in [0.1, 0.15) is 57.6 Å². The van der Waals surface area contributed by atoms with Gasteiger partial charge in [0.15, 0.2) is 0 Å². The van der Waals surface area contributed by atoms with Crippen molar-refractivity contribution in [3.8, 4) is 5.75 Å². The second-order valence-electron chi connectivity index (χ2n) is 10.5. The number of nitrogens with one attached hydrogen (secondary N) is 3. The molecule has 4 N–H and O–H groups in total. The van der Waals surface area contributed by atoms with E-state index in [0.717, 1.165) is 24.0 Å². The van der Waals surface area contributed by atoms with Crippen LogP contribution in [0.3, 0.4) is 0 Å². The number of aliphatic hydroxyl groups is 1. The second kappa shape index (κ2) is 15.1. The van der Waals surface area contributed by atoms with Crippen LogP contribution in [0, 0.1) is 5.92 Å². The minimum atomic E-state index is -0.981. The quantitative estimate of drug-likeness (QED) is 0.445. The van der Waals surface area contributed by atoms with Crippen LogP contribution in [0.25, 0.3) is 0 Å². The van der Waals surface area contributed by atoms with Crippen LogP contribution in [-0.2, 0) is 27.4 Å². The van der Waals surface area contributed by atoms with E-state index in [0.29, 0.717) is 25.2 Å². The third-order valence-corrected chi connectivity index (χ3v) is 6.61. The van der Waals surface area contributed by atoms with Crippen molar-refractivity contribution in [2.45, 2.75) is 83.7 Å². The van der Waals surface area contributed by atoms with E-state index in [-0.39, 0.29) is 24.9 Å². The maximum Gasteiger partial charge on any atom is 0.408 e. The number of amides is 3. The number of fused-ring (bicyclic) bond motifs is 14. The first-order valence-corrected chi connectivity index (χ1v) is 13.7. The van der Waals surface area contributed by atoms with Crippen molar-refractivity contribution in [1.82, 2.24) is 16.0 Å². The van der Waals surface area contributed by atoms with Gasteiger partial charge in [-0.2, -0.15) is 0 Å². The van der Waals surface area contributed by atoms with Gasteiger partial charge < -0.3 is 30.5 Å². The fourth-order valence-corrected chi connectivity index (χ4v) is 4.42. The van der Waals surface area contributed by atoms with Crippen LogP contribution < -0.4 is 20.7 Å². The van der Waals surface area contributed by atoms with E-state index in [1.54, 1.807) is 6.92 Å². The van der Waals surface area contributed by atoms with Crippen molar-refractivity contribution < 1.29 is 29.0 Å². The summed E-state index contributed by atoms with van der Waals surface area (Å²) in [4.78, 5) is 39.4. The molecule has 4 rings (SSSR count). The van der Waals surface area contributed by atoms with Gasteiger partial charge in [-0.1, -0.05) is 56.3 Å². The van der Waals surface area contributed by atoms with E-state index in [1.165, 1.54) is 0 Å². The van der Waals surface area contributed by atoms with Crippen LogP contribution in [0.15, 0.2) is 54.6 Å². The van der Waals surface area contributed by atoms with Crippen LogP contribution in [0.5, 0.6) is 5.75 Å². The van der Waals surface area contributed by atoms with Gasteiger partial charge in [0.2, 0.25) is 11.8 Å². The molecule has 2 bridgehead atoms. The zero-order chi connectivity index (χ0) is 28.2. The Balaban J connectivity index is 1.81. The van der Waals surface area contributed by atoms with Crippen LogP contribution in [-0.4, -0.2) is 53.9 Å². The third kappa shape index (κ3) is 10.2. The zero-order valence-electron chi connectivity index (χ0n) is 23.0. The molecule has 0 saturated heterocycles. The van der Waals surface area contributed by atoms with Crippen molar-refractivity contribution in [2.24, 2.45) is 5.92 Å². The van der Waals surface area contributed by atoms with Gasteiger partial charge in [0, 0.05) is 6.42 Å². The molecular formula is C30H41N3O6. The average Bonchev–Trinajstić information content (AvgIpc) is 2.91. The fourth-order valence-electron chi connectivity index (χ4n) is 4.42. The SMILES string of the molecule is CC(C)C[C@@H]1NC(=O)[C@@H](NC(=O)OCc2ccccc2)Cc2ccc(cc2)OCCCC[C@@H](C(C)O)NC1=O. The zero-order valence-corrected chi connectivity index (χ0v) is 23.0. The molecule has 39 heavy (non-hydrogen) atoms. The first kappa shape index (κ1) is 30.0. The summed E-state index contributed by atoms with van der Waals surface area (Å²) < 4.78 is 11.2. The molecule has 0 saturated carbocycles. The lowest BCUT2D eigenvalue weighted by molar-refractivity contribution is -0.131. The Hall–Kier alpha value is -3.59. The van der Waals surface area contributed by atoms with Crippen molar-refractivity contribution in [1.29, 1.82) is 0 Å². The molecule has 2 aromatic carbocycles. The summed E-state index contributed by atoms with van der Waals surface area (Å²) in [5.41, 5.74) is 1.64. The first-order valence-electron chi connectivity index (χ1n) is 13.7. The topological polar surface area (TPSA) is 126 Å². The summed E-state index contributed by atoms with van der Waals surface area (Å²) in [7, 11) is 0. The minimum Gasteiger partial charge on any atom is -0.494 e. The number of hydrogen-bond donors (Lipinski definition) is 4. The highest BCUT2D eigenvalue weighted by molar-refractivity contribution is 5.91. The molecule has 0 aliphatic carbocycles. The molecule has 2 aliphatic rings. The number of carbonyl (C=O) groups excluding carboxylic acids is 3. The first-order chi connectivity index (χ1) is 18.7. The molecule has 0 spiro atoms. The summed E-state index contributed by atoms with van der Waals surface area (Å²) in [6.07, 6.45) is 1.20. The predicted molar refractivity (Wildman–Crippen MR) is 148 cm³/mol. The summed E-state index contributed by atoms with van der Waals surface area (Å²) in [6.45, 7) is 6.14. The van der Waals surface area contributed by atoms with Gasteiger partial charge in [-0.3, -0.25) is 9.59 Å². The average molecular weight is 540 g/mol. The van der Waals surface area contributed by atoms with E-state index < -0.39 is 36.2 Å². The Morgan fingerprint density at radius 1 is 1.03 bits per heavy atom. The molecule has 9 nitrogen and oxygen atoms in total. The van der Waals surface area contributed by atoms with E-state index in [4.69, 9.17) is 9.47 Å². The second-order valence-corrected chi connectivity index (χ2v) is 10.5. The highest BCUT2D eigenvalue weighted by Crippen LogP contribution is 2.16. The summed E-state index contributed by atoms with van der Waals surface area (Å²) in [5, 5.41) is 18.7. The monoisotopic (exact) mass is 539 g/mol. The standard InChI is InChI=1S/C30H41N3O6/c1-20(2)17-26-28(35)31-25(21(3)34)11-7-8-16-38-24-14-12-22(13-15-24)18-27(29(36)32-26)33-30(37)39-19-23-9-5-4-6-10-23/h4-6,9-10,12-15,20-21,25-27,34H,7-8,11,16-19H2,1-3H3,(H,31,35)(H,32,36)(H,33,37)/t21?,25-,26-,27-/m0/s1. The van der Waals surface area contributed by atoms with Crippen LogP contribution in [0.4, 0.5) is 4.79 Å². The smallest absolute Gasteiger partial charge is 0.408 e. The van der Waals surface area contributed by atoms with Crippen molar-refractivity contribution >= 4 is 17.9 Å². The molecule has 2 aliphatic heterocycles. The van der Waals surface area contributed by atoms with Gasteiger partial charge >= 0.3 is 6.09 Å². The molecular weight excluding hydrogens is 498 g/mol. The molecule has 4 atom stereocenters. The fraction of sp³-hybridized carbons (Fsp3) is 0.500. The van der Waals surface area contributed by atoms with Gasteiger partial charge in [-0.25, -0.2) is 4.79 Å². The number of benzene rings is 2. The summed E-state index contributed by atoms with van der Waals surface area (Å²) in [5.74, 6) is -0.0349. The molecule has 2 heterocycles. The Bertz CT molecular complexity index is 1060. The Morgan fingerprint density at radius 3 is 2.41 bits per heavy atom. The molecule has 1 unspecified atom stereocenters. The molecule has 0 fully saturated rings. The van der Waals surface area contributed by atoms with E-state index >= 15 is 0 Å². The largest absolute Gasteiger partial charge is 0.494 e. The van der Waals surface area contributed by atoms with Gasteiger partial charge in [-0.05, 0) is 61.8 Å². The molecule has 0 radical (unpaired) electrons. The third-order valence-electron chi connectivity index (χ3n) is 6.61. The normalized spacial score (nSPS) is 21.7. The Labute approximate surface area is 230 Å². The van der Waals surface area contributed by atoms with E-state index in [2.05, 4.69) is 16.0 Å². The Kier molecular flexibility index (Phi) is 11.6. The number of alkyl carbamates (subject to hydrolysis) is 1. The highest BCUT2D eigenvalue weighted by atomic mass is 16.5.